The SMILES string of the molecule is [2H][13C]([2H])([2H])c1cn([C@H]2C=C[C@@H](CO)O2)c(=O)[nH]c1=O. The van der Waals surface area contributed by atoms with E-state index in [1.54, 1.807) is 6.08 Å². The third-order valence-electron chi connectivity index (χ3n) is 2.23. The second kappa shape index (κ2) is 4.07. The third kappa shape index (κ3) is 1.84. The average Bonchev–Trinajstić information content (AvgIpc) is 2.75. The van der Waals surface area contributed by atoms with Crippen molar-refractivity contribution >= 4 is 0 Å². The Morgan fingerprint density at radius 3 is 3.06 bits per heavy atom. The van der Waals surface area contributed by atoms with Crippen LogP contribution in [0.5, 0.6) is 0 Å². The number of aromatic nitrogens is 2. The lowest BCUT2D eigenvalue weighted by atomic mass is 10.4. The number of nitrogens with one attached hydrogen (secondary N) is 1. The molecule has 86 valence electrons. The molecule has 0 fully saturated rings. The molecule has 6 heteroatoms. The van der Waals surface area contributed by atoms with E-state index in [1.807, 2.05) is 4.98 Å². The fraction of sp³-hybridized carbons (Fsp3) is 0.400. The van der Waals surface area contributed by atoms with Gasteiger partial charge in [-0.3, -0.25) is 14.3 Å². The molecule has 0 amide bonds. The number of aliphatic hydroxyl groups is 1. The van der Waals surface area contributed by atoms with Gasteiger partial charge >= 0.3 is 5.69 Å². The summed E-state index contributed by atoms with van der Waals surface area (Å²) in [5, 5.41) is 8.92. The normalized spacial score (nSPS) is 27.4. The Morgan fingerprint density at radius 1 is 1.62 bits per heavy atom. The first-order valence-corrected chi connectivity index (χ1v) is 4.63. The topological polar surface area (TPSA) is 84.3 Å². The summed E-state index contributed by atoms with van der Waals surface area (Å²) in [4.78, 5) is 25.0. The minimum atomic E-state index is -2.62. The van der Waals surface area contributed by atoms with Crippen LogP contribution in [-0.2, 0) is 4.74 Å². The summed E-state index contributed by atoms with van der Waals surface area (Å²) in [7, 11) is 0. The van der Waals surface area contributed by atoms with Gasteiger partial charge in [-0.05, 0) is 12.9 Å². The van der Waals surface area contributed by atoms with E-state index in [0.29, 0.717) is 0 Å². The van der Waals surface area contributed by atoms with Gasteiger partial charge in [-0.2, -0.15) is 0 Å². The zero-order valence-electron chi connectivity index (χ0n) is 11.2. The molecule has 0 saturated carbocycles. The maximum Gasteiger partial charge on any atom is 0.330 e. The minimum absolute atomic E-state index is 0.253. The van der Waals surface area contributed by atoms with E-state index >= 15 is 0 Å². The molecule has 0 aromatic carbocycles. The molecule has 0 bridgehead atoms. The van der Waals surface area contributed by atoms with Crippen LogP contribution in [0.1, 0.15) is 15.9 Å². The highest BCUT2D eigenvalue weighted by molar-refractivity contribution is 5.06. The van der Waals surface area contributed by atoms with E-state index in [1.165, 1.54) is 6.08 Å². The summed E-state index contributed by atoms with van der Waals surface area (Å²) in [5.41, 5.74) is -2.20. The number of aromatic amines is 1. The second-order valence-electron chi connectivity index (χ2n) is 3.34. The molecule has 0 radical (unpaired) electrons. The van der Waals surface area contributed by atoms with Gasteiger partial charge < -0.3 is 9.84 Å². The van der Waals surface area contributed by atoms with Gasteiger partial charge in [0, 0.05) is 15.9 Å². The summed E-state index contributed by atoms with van der Waals surface area (Å²) in [5.74, 6) is 0. The summed E-state index contributed by atoms with van der Waals surface area (Å²) in [6.07, 6.45) is 2.62. The zero-order chi connectivity index (χ0) is 14.2. The van der Waals surface area contributed by atoms with Crippen LogP contribution < -0.4 is 11.2 Å². The smallest absolute Gasteiger partial charge is 0.330 e. The fourth-order valence-electron chi connectivity index (χ4n) is 1.43. The van der Waals surface area contributed by atoms with Gasteiger partial charge in [0.15, 0.2) is 6.23 Å². The molecule has 1 aliphatic heterocycles. The Hall–Kier alpha value is -1.66. The quantitative estimate of drug-likeness (QED) is 0.517. The number of aryl methyl sites for hydroxylation is 1. The van der Waals surface area contributed by atoms with E-state index in [-0.39, 0.29) is 6.61 Å². The Bertz CT molecular complexity index is 616. The minimum Gasteiger partial charge on any atom is -0.393 e. The zero-order valence-corrected chi connectivity index (χ0v) is 8.21. The number of hydrogen-bond donors (Lipinski definition) is 2. The van der Waals surface area contributed by atoms with Crippen LogP contribution in [-0.4, -0.2) is 27.4 Å². The first-order valence-electron chi connectivity index (χ1n) is 6.13. The molecule has 1 aromatic rings. The first-order chi connectivity index (χ1) is 8.82. The predicted molar refractivity (Wildman–Crippen MR) is 56.2 cm³/mol. The van der Waals surface area contributed by atoms with Crippen molar-refractivity contribution < 1.29 is 14.0 Å². The van der Waals surface area contributed by atoms with Crippen LogP contribution in [0.2, 0.25) is 0 Å². The molecule has 1 aliphatic rings. The van der Waals surface area contributed by atoms with Crippen molar-refractivity contribution in [3.05, 3.63) is 44.8 Å². The second-order valence-corrected chi connectivity index (χ2v) is 3.34. The van der Waals surface area contributed by atoms with Crippen molar-refractivity contribution in [1.82, 2.24) is 9.55 Å². The molecule has 0 unspecified atom stereocenters. The van der Waals surface area contributed by atoms with Gasteiger partial charge in [-0.1, -0.05) is 6.08 Å². The Morgan fingerprint density at radius 2 is 2.44 bits per heavy atom. The fourth-order valence-corrected chi connectivity index (χ4v) is 1.43. The van der Waals surface area contributed by atoms with E-state index in [2.05, 4.69) is 0 Å². The molecule has 6 nitrogen and oxygen atoms in total. The van der Waals surface area contributed by atoms with Crippen molar-refractivity contribution in [2.24, 2.45) is 0 Å². The van der Waals surface area contributed by atoms with Gasteiger partial charge in [0.1, 0.15) is 6.10 Å². The lowest BCUT2D eigenvalue weighted by Crippen LogP contribution is -2.33. The molecular formula is C10H12N2O4. The highest BCUT2D eigenvalue weighted by Crippen LogP contribution is 2.18. The van der Waals surface area contributed by atoms with Gasteiger partial charge in [0.25, 0.3) is 5.56 Å². The number of H-pyrrole nitrogens is 1. The van der Waals surface area contributed by atoms with E-state index in [9.17, 15) is 9.59 Å². The molecule has 0 spiro atoms. The van der Waals surface area contributed by atoms with Crippen molar-refractivity contribution in [1.29, 1.82) is 0 Å². The summed E-state index contributed by atoms with van der Waals surface area (Å²) in [6.45, 7) is -2.88. The van der Waals surface area contributed by atoms with Crippen molar-refractivity contribution in [2.45, 2.75) is 19.2 Å². The first kappa shape index (κ1) is 7.59. The highest BCUT2D eigenvalue weighted by Gasteiger charge is 2.20. The largest absolute Gasteiger partial charge is 0.393 e. The molecule has 2 heterocycles. The van der Waals surface area contributed by atoms with E-state index in [4.69, 9.17) is 14.0 Å². The Labute approximate surface area is 95.0 Å². The van der Waals surface area contributed by atoms with Crippen LogP contribution in [0, 0.1) is 6.85 Å². The van der Waals surface area contributed by atoms with Crippen LogP contribution >= 0.6 is 0 Å². The summed E-state index contributed by atoms with van der Waals surface area (Å²) >= 11 is 0. The molecule has 2 atom stereocenters. The molecule has 16 heavy (non-hydrogen) atoms. The third-order valence-corrected chi connectivity index (χ3v) is 2.23. The molecule has 0 aliphatic carbocycles. The van der Waals surface area contributed by atoms with Crippen molar-refractivity contribution in [3.63, 3.8) is 0 Å². The summed E-state index contributed by atoms with van der Waals surface area (Å²) in [6, 6.07) is 0. The average molecular weight is 228 g/mol. The maximum atomic E-state index is 11.6. The lowest BCUT2D eigenvalue weighted by molar-refractivity contribution is -0.0104. The molecule has 0 saturated heterocycles. The van der Waals surface area contributed by atoms with Crippen LogP contribution in [0.4, 0.5) is 0 Å². The van der Waals surface area contributed by atoms with Crippen LogP contribution in [0.3, 0.4) is 0 Å². The maximum absolute atomic E-state index is 11.6. The summed E-state index contributed by atoms with van der Waals surface area (Å²) < 4.78 is 27.9. The number of hydrogen-bond acceptors (Lipinski definition) is 4. The molecule has 1 aromatic heterocycles. The van der Waals surface area contributed by atoms with Crippen LogP contribution in [0.15, 0.2) is 27.9 Å². The highest BCUT2D eigenvalue weighted by atomic mass is 16.5. The Kier molecular flexibility index (Phi) is 1.93. The number of nitrogens with zero attached hydrogens (tertiary/aromatic N) is 1. The van der Waals surface area contributed by atoms with E-state index < -0.39 is 36.0 Å². The van der Waals surface area contributed by atoms with Gasteiger partial charge in [-0.25, -0.2) is 4.79 Å². The van der Waals surface area contributed by atoms with Gasteiger partial charge in [0.05, 0.1) is 6.61 Å². The van der Waals surface area contributed by atoms with Crippen molar-refractivity contribution in [2.75, 3.05) is 6.61 Å². The number of aliphatic hydroxyl groups excluding tert-OH is 1. The number of rotatable bonds is 2. The molecule has 2 N–H and O–H groups in total. The molecular weight excluding hydrogens is 213 g/mol. The molecule has 2 rings (SSSR count). The van der Waals surface area contributed by atoms with Gasteiger partial charge in [-0.15, -0.1) is 0 Å². The lowest BCUT2D eigenvalue weighted by Gasteiger charge is -2.14. The van der Waals surface area contributed by atoms with E-state index in [0.717, 1.165) is 10.8 Å². The Balaban J connectivity index is 2.46. The predicted octanol–water partition coefficient (Wildman–Crippen LogP) is -0.709. The van der Waals surface area contributed by atoms with Crippen molar-refractivity contribution in [3.8, 4) is 0 Å². The van der Waals surface area contributed by atoms with Crippen LogP contribution in [0.25, 0.3) is 0 Å². The number of ether oxygens (including phenoxy) is 1. The standard InChI is InChI=1S/C10H12N2O4/c1-6-4-12(10(15)11-9(6)14)8-3-2-7(5-13)16-8/h2-4,7-8,13H,5H2,1H3,(H,11,14,15)/t7-,8+/m0/s1/i1+1D3. The van der Waals surface area contributed by atoms with Gasteiger partial charge in [0.2, 0.25) is 0 Å². The monoisotopic (exact) mass is 228 g/mol.